The molecule has 0 aromatic heterocycles. The molecule has 1 heteroatoms. The summed E-state index contributed by atoms with van der Waals surface area (Å²) >= 11 is 1.85. The summed E-state index contributed by atoms with van der Waals surface area (Å²) in [5, 5.41) is 0. The summed E-state index contributed by atoms with van der Waals surface area (Å²) in [5.41, 5.74) is 0.293. The van der Waals surface area contributed by atoms with E-state index in [1.807, 2.05) is 11.8 Å². The fourth-order valence-electron chi connectivity index (χ4n) is 1.06. The monoisotopic (exact) mass is 252 g/mol. The maximum absolute atomic E-state index is 4.08. The molecule has 0 fully saturated rings. The Morgan fingerprint density at radius 1 is 1.06 bits per heavy atom. The first-order valence-electron chi connectivity index (χ1n) is 6.46. The third-order valence-electron chi connectivity index (χ3n) is 3.11. The van der Waals surface area contributed by atoms with Gasteiger partial charge < -0.3 is 0 Å². The van der Waals surface area contributed by atoms with Crippen molar-refractivity contribution in [1.82, 2.24) is 0 Å². The average Bonchev–Trinajstić information content (AvgIpc) is 2.24. The Labute approximate surface area is 112 Å². The van der Waals surface area contributed by atoms with E-state index in [1.165, 1.54) is 0 Å². The second kappa shape index (κ2) is 7.10. The number of hydrogen-bond donors (Lipinski definition) is 0. The first-order chi connectivity index (χ1) is 7.72. The summed E-state index contributed by atoms with van der Waals surface area (Å²) in [4.78, 5) is 1.14. The highest BCUT2D eigenvalue weighted by molar-refractivity contribution is 8.04. The lowest BCUT2D eigenvalue weighted by atomic mass is 9.90. The third-order valence-corrected chi connectivity index (χ3v) is 4.35. The van der Waals surface area contributed by atoms with Crippen LogP contribution in [0.4, 0.5) is 0 Å². The van der Waals surface area contributed by atoms with E-state index in [0.717, 1.165) is 17.7 Å². The van der Waals surface area contributed by atoms with E-state index in [0.29, 0.717) is 5.41 Å². The van der Waals surface area contributed by atoms with E-state index in [-0.39, 0.29) is 4.75 Å². The summed E-state index contributed by atoms with van der Waals surface area (Å²) in [5.74, 6) is 0. The van der Waals surface area contributed by atoms with Gasteiger partial charge in [-0.2, -0.15) is 0 Å². The fraction of sp³-hybridized carbons (Fsp3) is 0.625. The van der Waals surface area contributed by atoms with Crippen LogP contribution in [-0.2, 0) is 0 Å². The summed E-state index contributed by atoms with van der Waals surface area (Å²) in [6.45, 7) is 17.5. The van der Waals surface area contributed by atoms with Crippen LogP contribution in [0.3, 0.4) is 0 Å². The first-order valence-corrected chi connectivity index (χ1v) is 7.28. The van der Waals surface area contributed by atoms with Crippen molar-refractivity contribution in [2.75, 3.05) is 0 Å². The maximum Gasteiger partial charge on any atom is 0.0148 e. The van der Waals surface area contributed by atoms with Crippen molar-refractivity contribution in [2.45, 2.75) is 59.1 Å². The van der Waals surface area contributed by atoms with Crippen LogP contribution < -0.4 is 0 Å². The summed E-state index contributed by atoms with van der Waals surface area (Å²) in [7, 11) is 0. The van der Waals surface area contributed by atoms with Gasteiger partial charge in [0.2, 0.25) is 0 Å². The quantitative estimate of drug-likeness (QED) is 0.503. The molecule has 0 unspecified atom stereocenters. The molecular formula is C16H28S. The molecule has 0 N–H and O–H groups in total. The zero-order chi connectivity index (χ0) is 13.5. The molecule has 0 radical (unpaired) electrons. The molecule has 0 saturated carbocycles. The predicted molar refractivity (Wildman–Crippen MR) is 83.5 cm³/mol. The molecule has 0 amide bonds. The van der Waals surface area contributed by atoms with E-state index < -0.39 is 0 Å². The van der Waals surface area contributed by atoms with Crippen molar-refractivity contribution in [1.29, 1.82) is 0 Å². The molecule has 0 aliphatic rings. The van der Waals surface area contributed by atoms with Gasteiger partial charge in [-0.3, -0.25) is 0 Å². The molecule has 0 aromatic rings. The van der Waals surface area contributed by atoms with Gasteiger partial charge in [0.1, 0.15) is 0 Å². The highest BCUT2D eigenvalue weighted by atomic mass is 32.2. The number of hydrogen-bond acceptors (Lipinski definition) is 1. The minimum Gasteiger partial charge on any atom is -0.121 e. The van der Waals surface area contributed by atoms with Gasteiger partial charge >= 0.3 is 0 Å². The number of rotatable bonds is 7. The molecule has 0 aliphatic heterocycles. The van der Waals surface area contributed by atoms with Gasteiger partial charge in [0.25, 0.3) is 0 Å². The molecule has 98 valence electrons. The van der Waals surface area contributed by atoms with Crippen molar-refractivity contribution in [3.63, 3.8) is 0 Å². The summed E-state index contributed by atoms with van der Waals surface area (Å²) < 4.78 is 0.286. The molecule has 0 bridgehead atoms. The predicted octanol–water partition coefficient (Wildman–Crippen LogP) is 5.97. The van der Waals surface area contributed by atoms with Crippen molar-refractivity contribution >= 4 is 11.8 Å². The standard InChI is InChI=1S/C16H28S/c1-8-15(4,5)13-11-10-12-14(3)17-16(6,7)9-2/h10-13H,3,8-9H2,1-2,4-7H3/b12-10-,13-11+. The van der Waals surface area contributed by atoms with Crippen molar-refractivity contribution in [3.05, 3.63) is 35.8 Å². The molecule has 0 aromatic carbocycles. The zero-order valence-electron chi connectivity index (χ0n) is 12.3. The molecule has 0 aliphatic carbocycles. The van der Waals surface area contributed by atoms with Crippen LogP contribution in [0.2, 0.25) is 0 Å². The smallest absolute Gasteiger partial charge is 0.0148 e. The number of allylic oxidation sites excluding steroid dienone is 4. The van der Waals surface area contributed by atoms with Gasteiger partial charge in [0.05, 0.1) is 0 Å². The molecule has 0 spiro atoms. The Morgan fingerprint density at radius 2 is 1.65 bits per heavy atom. The molecule has 0 saturated heterocycles. The molecule has 17 heavy (non-hydrogen) atoms. The Balaban J connectivity index is 4.23. The average molecular weight is 252 g/mol. The van der Waals surface area contributed by atoms with Gasteiger partial charge in [0.15, 0.2) is 0 Å². The Bertz CT molecular complexity index is 293. The van der Waals surface area contributed by atoms with Gasteiger partial charge in [0, 0.05) is 9.65 Å². The second-order valence-electron chi connectivity index (χ2n) is 5.74. The molecule has 0 nitrogen and oxygen atoms in total. The highest BCUT2D eigenvalue weighted by Crippen LogP contribution is 2.33. The number of thioether (sulfide) groups is 1. The topological polar surface area (TPSA) is 0 Å². The van der Waals surface area contributed by atoms with Crippen LogP contribution in [0.25, 0.3) is 0 Å². The minimum absolute atomic E-state index is 0.286. The second-order valence-corrected chi connectivity index (χ2v) is 7.58. The first kappa shape index (κ1) is 16.6. The van der Waals surface area contributed by atoms with E-state index in [9.17, 15) is 0 Å². The SMILES string of the molecule is C=C(/C=C\C=C\C(C)(C)CC)SC(C)(C)CC. The van der Waals surface area contributed by atoms with E-state index in [2.05, 4.69) is 72.4 Å². The van der Waals surface area contributed by atoms with Crippen LogP contribution in [0, 0.1) is 5.41 Å². The zero-order valence-corrected chi connectivity index (χ0v) is 13.2. The molecule has 0 rings (SSSR count). The molecular weight excluding hydrogens is 224 g/mol. The highest BCUT2D eigenvalue weighted by Gasteiger charge is 2.15. The lowest BCUT2D eigenvalue weighted by molar-refractivity contribution is 0.462. The lowest BCUT2D eigenvalue weighted by Crippen LogP contribution is -2.11. The van der Waals surface area contributed by atoms with Crippen LogP contribution >= 0.6 is 11.8 Å². The summed E-state index contributed by atoms with van der Waals surface area (Å²) in [6, 6.07) is 0. The minimum atomic E-state index is 0.286. The summed E-state index contributed by atoms with van der Waals surface area (Å²) in [6.07, 6.45) is 10.9. The van der Waals surface area contributed by atoms with Crippen LogP contribution in [-0.4, -0.2) is 4.75 Å². The lowest BCUT2D eigenvalue weighted by Gasteiger charge is -2.21. The van der Waals surface area contributed by atoms with Gasteiger partial charge in [-0.25, -0.2) is 0 Å². The van der Waals surface area contributed by atoms with Crippen molar-refractivity contribution < 1.29 is 0 Å². The van der Waals surface area contributed by atoms with Crippen molar-refractivity contribution in [2.24, 2.45) is 5.41 Å². The van der Waals surface area contributed by atoms with E-state index in [1.54, 1.807) is 0 Å². The van der Waals surface area contributed by atoms with Crippen molar-refractivity contribution in [3.8, 4) is 0 Å². The van der Waals surface area contributed by atoms with Gasteiger partial charge in [-0.15, -0.1) is 11.8 Å². The molecule has 0 atom stereocenters. The van der Waals surface area contributed by atoms with Gasteiger partial charge in [-0.1, -0.05) is 66.3 Å². The molecule has 0 heterocycles. The Morgan fingerprint density at radius 3 is 2.12 bits per heavy atom. The Hall–Kier alpha value is -0.430. The van der Waals surface area contributed by atoms with Crippen LogP contribution in [0.5, 0.6) is 0 Å². The van der Waals surface area contributed by atoms with Gasteiger partial charge in [-0.05, 0) is 24.3 Å². The fourth-order valence-corrected chi connectivity index (χ4v) is 2.06. The van der Waals surface area contributed by atoms with Crippen LogP contribution in [0.1, 0.15) is 54.4 Å². The third kappa shape index (κ3) is 8.31. The van der Waals surface area contributed by atoms with E-state index in [4.69, 9.17) is 0 Å². The van der Waals surface area contributed by atoms with Crippen LogP contribution in [0.15, 0.2) is 35.8 Å². The maximum atomic E-state index is 4.08. The normalized spacial score (nSPS) is 13.8. The largest absolute Gasteiger partial charge is 0.121 e. The van der Waals surface area contributed by atoms with E-state index >= 15 is 0 Å². The Kier molecular flexibility index (Phi) is 6.92.